The predicted molar refractivity (Wildman–Crippen MR) is 106 cm³/mol. The van der Waals surface area contributed by atoms with E-state index in [1.54, 1.807) is 24.3 Å². The molecule has 2 aromatic rings. The lowest BCUT2D eigenvalue weighted by molar-refractivity contribution is 0.0650. The smallest absolute Gasteiger partial charge is 0.261 e. The third kappa shape index (κ3) is 3.78. The average Bonchev–Trinajstić information content (AvgIpc) is 2.97. The van der Waals surface area contributed by atoms with Gasteiger partial charge in [-0.1, -0.05) is 12.1 Å². The molecular weight excluding hydrogens is 357 g/mol. The van der Waals surface area contributed by atoms with Crippen molar-refractivity contribution in [2.75, 3.05) is 44.2 Å². The monoisotopic (exact) mass is 381 g/mol. The van der Waals surface area contributed by atoms with Gasteiger partial charge < -0.3 is 4.90 Å². The summed E-state index contributed by atoms with van der Waals surface area (Å²) in [6.07, 6.45) is 1.76. The van der Waals surface area contributed by atoms with Crippen molar-refractivity contribution in [3.63, 3.8) is 0 Å². The molecule has 2 heterocycles. The van der Waals surface area contributed by atoms with E-state index < -0.39 is 0 Å². The van der Waals surface area contributed by atoms with E-state index in [4.69, 9.17) is 0 Å². The highest BCUT2D eigenvalue weighted by Crippen LogP contribution is 2.23. The van der Waals surface area contributed by atoms with Crippen LogP contribution in [0.5, 0.6) is 0 Å². The molecule has 0 N–H and O–H groups in total. The third-order valence-electron chi connectivity index (χ3n) is 5.55. The van der Waals surface area contributed by atoms with E-state index in [1.807, 2.05) is 12.1 Å². The molecule has 28 heavy (non-hydrogen) atoms. The number of piperazine rings is 1. The molecule has 6 heteroatoms. The fraction of sp³-hybridized carbons (Fsp3) is 0.364. The lowest BCUT2D eigenvalue weighted by Crippen LogP contribution is -2.46. The van der Waals surface area contributed by atoms with Crippen molar-refractivity contribution in [2.45, 2.75) is 12.8 Å². The summed E-state index contributed by atoms with van der Waals surface area (Å²) in [5.74, 6) is -0.553. The molecule has 0 spiro atoms. The summed E-state index contributed by atoms with van der Waals surface area (Å²) in [7, 11) is 0. The molecule has 0 aliphatic carbocycles. The van der Waals surface area contributed by atoms with Crippen LogP contribution in [-0.4, -0.2) is 60.9 Å². The molecule has 0 atom stereocenters. The molecule has 146 valence electrons. The van der Waals surface area contributed by atoms with Crippen LogP contribution in [0.15, 0.2) is 48.5 Å². The number of hydrogen-bond acceptors (Lipinski definition) is 4. The normalized spacial score (nSPS) is 17.3. The maximum absolute atomic E-state index is 13.1. The molecule has 0 radical (unpaired) electrons. The van der Waals surface area contributed by atoms with Crippen LogP contribution in [0.3, 0.4) is 0 Å². The van der Waals surface area contributed by atoms with Gasteiger partial charge in [-0.25, -0.2) is 4.39 Å². The quantitative estimate of drug-likeness (QED) is 0.570. The van der Waals surface area contributed by atoms with Crippen LogP contribution in [0.2, 0.25) is 0 Å². The highest BCUT2D eigenvalue weighted by atomic mass is 19.1. The minimum absolute atomic E-state index is 0.173. The number of unbranched alkanes of at least 4 members (excludes halogenated alkanes) is 1. The van der Waals surface area contributed by atoms with Crippen molar-refractivity contribution in [3.05, 3.63) is 65.5 Å². The van der Waals surface area contributed by atoms with Gasteiger partial charge in [-0.2, -0.15) is 0 Å². The van der Waals surface area contributed by atoms with Gasteiger partial charge >= 0.3 is 0 Å². The zero-order valence-corrected chi connectivity index (χ0v) is 15.8. The number of anilines is 1. The minimum atomic E-state index is -0.208. The van der Waals surface area contributed by atoms with Crippen molar-refractivity contribution in [3.8, 4) is 0 Å². The first-order chi connectivity index (χ1) is 13.6. The lowest BCUT2D eigenvalue weighted by atomic mass is 10.1. The number of fused-ring (bicyclic) bond motifs is 1. The Kier molecular flexibility index (Phi) is 5.39. The maximum Gasteiger partial charge on any atom is 0.261 e. The molecule has 4 rings (SSSR count). The maximum atomic E-state index is 13.1. The van der Waals surface area contributed by atoms with Crippen LogP contribution >= 0.6 is 0 Å². The van der Waals surface area contributed by atoms with Crippen LogP contribution < -0.4 is 4.90 Å². The van der Waals surface area contributed by atoms with Gasteiger partial charge in [0.15, 0.2) is 0 Å². The van der Waals surface area contributed by atoms with E-state index in [2.05, 4.69) is 9.80 Å². The topological polar surface area (TPSA) is 43.9 Å². The molecular formula is C22H24FN3O2. The Morgan fingerprint density at radius 2 is 1.32 bits per heavy atom. The molecule has 2 aromatic carbocycles. The van der Waals surface area contributed by atoms with Crippen LogP contribution in [0.4, 0.5) is 10.1 Å². The lowest BCUT2D eigenvalue weighted by Gasteiger charge is -2.36. The molecule has 1 saturated heterocycles. The van der Waals surface area contributed by atoms with Gasteiger partial charge in [0.1, 0.15) is 5.82 Å². The predicted octanol–water partition coefficient (Wildman–Crippen LogP) is 3.02. The fourth-order valence-corrected chi connectivity index (χ4v) is 3.93. The Labute approximate surface area is 164 Å². The summed E-state index contributed by atoms with van der Waals surface area (Å²) in [6, 6.07) is 13.7. The Morgan fingerprint density at radius 3 is 1.93 bits per heavy atom. The first-order valence-electron chi connectivity index (χ1n) is 9.81. The summed E-state index contributed by atoms with van der Waals surface area (Å²) >= 11 is 0. The van der Waals surface area contributed by atoms with E-state index in [1.165, 1.54) is 17.0 Å². The molecule has 2 aliphatic heterocycles. The van der Waals surface area contributed by atoms with Gasteiger partial charge in [0, 0.05) is 38.4 Å². The SMILES string of the molecule is O=C1c2ccccc2C(=O)N1CCCCN1CCN(c2ccc(F)cc2)CC1. The van der Waals surface area contributed by atoms with Crippen LogP contribution in [0, 0.1) is 5.82 Å². The highest BCUT2D eigenvalue weighted by Gasteiger charge is 2.34. The first kappa shape index (κ1) is 18.6. The van der Waals surface area contributed by atoms with Crippen LogP contribution in [0.25, 0.3) is 0 Å². The number of carbonyl (C=O) groups is 2. The van der Waals surface area contributed by atoms with Crippen LogP contribution in [0.1, 0.15) is 33.6 Å². The van der Waals surface area contributed by atoms with Crippen LogP contribution in [-0.2, 0) is 0 Å². The summed E-state index contributed by atoms with van der Waals surface area (Å²) in [6.45, 7) is 5.20. The number of nitrogens with zero attached hydrogens (tertiary/aromatic N) is 3. The number of rotatable bonds is 6. The van der Waals surface area contributed by atoms with Crippen molar-refractivity contribution < 1.29 is 14.0 Å². The number of halogens is 1. The second-order valence-corrected chi connectivity index (χ2v) is 7.32. The highest BCUT2D eigenvalue weighted by molar-refractivity contribution is 6.21. The van der Waals surface area contributed by atoms with E-state index in [9.17, 15) is 14.0 Å². The van der Waals surface area contributed by atoms with Gasteiger partial charge in [0.25, 0.3) is 11.8 Å². The van der Waals surface area contributed by atoms with Crippen molar-refractivity contribution in [1.29, 1.82) is 0 Å². The summed E-state index contributed by atoms with van der Waals surface area (Å²) in [5.41, 5.74) is 2.10. The van der Waals surface area contributed by atoms with E-state index in [-0.39, 0.29) is 17.6 Å². The standard InChI is InChI=1S/C22H24FN3O2/c23-17-7-9-18(10-8-17)25-15-13-24(14-16-25)11-3-4-12-26-21(27)19-5-1-2-6-20(19)22(26)28/h1-2,5-10H,3-4,11-16H2. The van der Waals surface area contributed by atoms with Crippen molar-refractivity contribution >= 4 is 17.5 Å². The number of benzene rings is 2. The molecule has 0 saturated carbocycles. The summed E-state index contributed by atoms with van der Waals surface area (Å²) < 4.78 is 13.1. The zero-order valence-electron chi connectivity index (χ0n) is 15.8. The fourth-order valence-electron chi connectivity index (χ4n) is 3.93. The Hall–Kier alpha value is -2.73. The molecule has 0 unspecified atom stereocenters. The van der Waals surface area contributed by atoms with Crippen molar-refractivity contribution in [1.82, 2.24) is 9.80 Å². The first-order valence-corrected chi connectivity index (χ1v) is 9.81. The largest absolute Gasteiger partial charge is 0.369 e. The van der Waals surface area contributed by atoms with Gasteiger partial charge in [-0.05, 0) is 55.8 Å². The number of amides is 2. The zero-order chi connectivity index (χ0) is 19.5. The molecule has 0 aromatic heterocycles. The summed E-state index contributed by atoms with van der Waals surface area (Å²) in [5, 5.41) is 0. The van der Waals surface area contributed by atoms with E-state index in [0.29, 0.717) is 17.7 Å². The molecule has 2 aliphatic rings. The Balaban J connectivity index is 1.19. The summed E-state index contributed by atoms with van der Waals surface area (Å²) in [4.78, 5) is 30.8. The van der Waals surface area contributed by atoms with Gasteiger partial charge in [-0.15, -0.1) is 0 Å². The number of imide groups is 1. The third-order valence-corrected chi connectivity index (χ3v) is 5.55. The van der Waals surface area contributed by atoms with E-state index in [0.717, 1.165) is 51.3 Å². The molecule has 2 amide bonds. The number of carbonyl (C=O) groups excluding carboxylic acids is 2. The van der Waals surface area contributed by atoms with Gasteiger partial charge in [-0.3, -0.25) is 19.4 Å². The minimum Gasteiger partial charge on any atom is -0.369 e. The second kappa shape index (κ2) is 8.10. The number of hydrogen-bond donors (Lipinski definition) is 0. The Bertz CT molecular complexity index is 825. The molecule has 1 fully saturated rings. The molecule has 5 nitrogen and oxygen atoms in total. The average molecular weight is 381 g/mol. The van der Waals surface area contributed by atoms with E-state index >= 15 is 0 Å². The second-order valence-electron chi connectivity index (χ2n) is 7.32. The Morgan fingerprint density at radius 1 is 0.750 bits per heavy atom. The van der Waals surface area contributed by atoms with Gasteiger partial charge in [0.05, 0.1) is 11.1 Å². The van der Waals surface area contributed by atoms with Gasteiger partial charge in [0.2, 0.25) is 0 Å². The molecule has 0 bridgehead atoms. The van der Waals surface area contributed by atoms with Crippen molar-refractivity contribution in [2.24, 2.45) is 0 Å².